The second-order valence-corrected chi connectivity index (χ2v) is 3.79. The van der Waals surface area contributed by atoms with Crippen molar-refractivity contribution in [2.45, 2.75) is 31.2 Å². The maximum atomic E-state index is 10.6. The molecule has 2 unspecified atom stereocenters. The predicted octanol–water partition coefficient (Wildman–Crippen LogP) is -1.33. The SMILES string of the molecule is O=C(O)C(C[C@@H]1CC(O)C(O)CO1)C(=O)O. The van der Waals surface area contributed by atoms with Gasteiger partial charge in [-0.3, -0.25) is 9.59 Å². The Hall–Kier alpha value is -1.18. The van der Waals surface area contributed by atoms with Gasteiger partial charge in [0.25, 0.3) is 0 Å². The number of hydrogen-bond acceptors (Lipinski definition) is 5. The van der Waals surface area contributed by atoms with Crippen LogP contribution in [-0.4, -0.2) is 57.3 Å². The van der Waals surface area contributed by atoms with Crippen LogP contribution in [0, 0.1) is 5.92 Å². The van der Waals surface area contributed by atoms with E-state index in [0.29, 0.717) is 0 Å². The van der Waals surface area contributed by atoms with Gasteiger partial charge in [-0.2, -0.15) is 0 Å². The lowest BCUT2D eigenvalue weighted by Crippen LogP contribution is -2.43. The van der Waals surface area contributed by atoms with E-state index >= 15 is 0 Å². The van der Waals surface area contributed by atoms with Gasteiger partial charge in [0.1, 0.15) is 6.10 Å². The van der Waals surface area contributed by atoms with Crippen LogP contribution in [-0.2, 0) is 14.3 Å². The highest BCUT2D eigenvalue weighted by Gasteiger charge is 2.34. The van der Waals surface area contributed by atoms with Crippen LogP contribution in [0.5, 0.6) is 0 Å². The monoisotopic (exact) mass is 234 g/mol. The quantitative estimate of drug-likeness (QED) is 0.444. The van der Waals surface area contributed by atoms with Gasteiger partial charge in [0, 0.05) is 6.42 Å². The van der Waals surface area contributed by atoms with Crippen molar-refractivity contribution in [3.63, 3.8) is 0 Å². The Balaban J connectivity index is 2.53. The minimum Gasteiger partial charge on any atom is -0.481 e. The third-order valence-corrected chi connectivity index (χ3v) is 2.55. The molecule has 4 N–H and O–H groups in total. The fraction of sp³-hybridized carbons (Fsp3) is 0.778. The molecule has 0 aromatic rings. The number of aliphatic hydroxyl groups excluding tert-OH is 2. The van der Waals surface area contributed by atoms with E-state index in [1.165, 1.54) is 0 Å². The molecule has 0 saturated carbocycles. The van der Waals surface area contributed by atoms with Crippen LogP contribution in [0.3, 0.4) is 0 Å². The van der Waals surface area contributed by atoms with Crippen molar-refractivity contribution >= 4 is 11.9 Å². The number of carboxylic acids is 2. The lowest BCUT2D eigenvalue weighted by atomic mass is 9.94. The largest absolute Gasteiger partial charge is 0.481 e. The highest BCUT2D eigenvalue weighted by atomic mass is 16.5. The zero-order chi connectivity index (χ0) is 12.3. The molecule has 0 bridgehead atoms. The lowest BCUT2D eigenvalue weighted by molar-refractivity contribution is -0.161. The Kier molecular flexibility index (Phi) is 4.22. The Labute approximate surface area is 91.3 Å². The molecule has 1 fully saturated rings. The number of hydrogen-bond donors (Lipinski definition) is 4. The summed E-state index contributed by atoms with van der Waals surface area (Å²) in [6.07, 6.45) is -2.82. The number of carbonyl (C=O) groups is 2. The molecule has 7 heteroatoms. The van der Waals surface area contributed by atoms with Gasteiger partial charge in [-0.1, -0.05) is 0 Å². The molecule has 0 aromatic carbocycles. The number of ether oxygens (including phenoxy) is 1. The maximum Gasteiger partial charge on any atom is 0.317 e. The topological polar surface area (TPSA) is 124 Å². The Morgan fingerprint density at radius 1 is 1.19 bits per heavy atom. The van der Waals surface area contributed by atoms with Gasteiger partial charge in [-0.15, -0.1) is 0 Å². The van der Waals surface area contributed by atoms with Crippen LogP contribution in [0.2, 0.25) is 0 Å². The zero-order valence-electron chi connectivity index (χ0n) is 8.44. The van der Waals surface area contributed by atoms with E-state index in [4.69, 9.17) is 20.1 Å². The molecule has 7 nitrogen and oxygen atoms in total. The summed E-state index contributed by atoms with van der Waals surface area (Å²) in [7, 11) is 0. The molecule has 1 aliphatic rings. The normalized spacial score (nSPS) is 30.3. The molecule has 0 spiro atoms. The summed E-state index contributed by atoms with van der Waals surface area (Å²) in [5, 5.41) is 35.7. The molecular weight excluding hydrogens is 220 g/mol. The average molecular weight is 234 g/mol. The first-order valence-electron chi connectivity index (χ1n) is 4.85. The minimum atomic E-state index is -1.55. The summed E-state index contributed by atoms with van der Waals surface area (Å²) in [5.74, 6) is -4.42. The van der Waals surface area contributed by atoms with Crippen molar-refractivity contribution in [2.24, 2.45) is 5.92 Å². The number of carboxylic acid groups (broad SMARTS) is 2. The van der Waals surface area contributed by atoms with Crippen LogP contribution in [0.15, 0.2) is 0 Å². The lowest BCUT2D eigenvalue weighted by Gasteiger charge is -2.31. The van der Waals surface area contributed by atoms with Gasteiger partial charge in [0.2, 0.25) is 0 Å². The summed E-state index contributed by atoms with van der Waals surface area (Å²) >= 11 is 0. The van der Waals surface area contributed by atoms with Crippen LogP contribution >= 0.6 is 0 Å². The molecule has 0 amide bonds. The van der Waals surface area contributed by atoms with Crippen molar-refractivity contribution in [1.29, 1.82) is 0 Å². The molecule has 1 aliphatic heterocycles. The average Bonchev–Trinajstić information content (AvgIpc) is 2.18. The fourth-order valence-electron chi connectivity index (χ4n) is 1.57. The van der Waals surface area contributed by atoms with E-state index in [1.54, 1.807) is 0 Å². The summed E-state index contributed by atoms with van der Waals surface area (Å²) in [4.78, 5) is 21.2. The molecule has 1 saturated heterocycles. The van der Waals surface area contributed by atoms with Gasteiger partial charge in [0.05, 0.1) is 18.8 Å². The molecule has 92 valence electrons. The Morgan fingerprint density at radius 2 is 1.75 bits per heavy atom. The smallest absolute Gasteiger partial charge is 0.317 e. The molecule has 1 heterocycles. The van der Waals surface area contributed by atoms with Crippen molar-refractivity contribution < 1.29 is 34.8 Å². The van der Waals surface area contributed by atoms with E-state index in [0.717, 1.165) is 0 Å². The van der Waals surface area contributed by atoms with E-state index in [9.17, 15) is 14.7 Å². The molecule has 3 atom stereocenters. The number of rotatable bonds is 4. The molecule has 0 radical (unpaired) electrons. The maximum absolute atomic E-state index is 10.6. The number of aliphatic hydroxyl groups is 2. The molecule has 0 aliphatic carbocycles. The Bertz CT molecular complexity index is 263. The van der Waals surface area contributed by atoms with E-state index < -0.39 is 36.2 Å². The highest BCUT2D eigenvalue weighted by molar-refractivity contribution is 5.92. The second kappa shape index (κ2) is 5.24. The van der Waals surface area contributed by atoms with Crippen molar-refractivity contribution in [2.75, 3.05) is 6.61 Å². The fourth-order valence-corrected chi connectivity index (χ4v) is 1.57. The number of aliphatic carboxylic acids is 2. The summed E-state index contributed by atoms with van der Waals surface area (Å²) < 4.78 is 5.05. The van der Waals surface area contributed by atoms with Crippen LogP contribution < -0.4 is 0 Å². The van der Waals surface area contributed by atoms with Crippen LogP contribution in [0.4, 0.5) is 0 Å². The summed E-state index contributed by atoms with van der Waals surface area (Å²) in [5.41, 5.74) is 0. The standard InChI is InChI=1S/C9H14O7/c10-6-2-4(16-3-7(6)11)1-5(8(12)13)9(14)15/h4-7,10-11H,1-3H2,(H,12,13)(H,14,15)/t4-,6?,7?/m1/s1. The summed E-state index contributed by atoms with van der Waals surface area (Å²) in [6, 6.07) is 0. The zero-order valence-corrected chi connectivity index (χ0v) is 8.44. The van der Waals surface area contributed by atoms with Gasteiger partial charge < -0.3 is 25.2 Å². The van der Waals surface area contributed by atoms with Gasteiger partial charge >= 0.3 is 11.9 Å². The Morgan fingerprint density at radius 3 is 2.19 bits per heavy atom. The predicted molar refractivity (Wildman–Crippen MR) is 49.7 cm³/mol. The third-order valence-electron chi connectivity index (χ3n) is 2.55. The first kappa shape index (κ1) is 12.9. The van der Waals surface area contributed by atoms with Crippen LogP contribution in [0.1, 0.15) is 12.8 Å². The minimum absolute atomic E-state index is 0.0399. The molecule has 0 aromatic heterocycles. The summed E-state index contributed by atoms with van der Waals surface area (Å²) in [6.45, 7) is -0.113. The van der Waals surface area contributed by atoms with E-state index in [-0.39, 0.29) is 19.4 Å². The van der Waals surface area contributed by atoms with E-state index in [1.807, 2.05) is 0 Å². The van der Waals surface area contributed by atoms with Crippen molar-refractivity contribution in [1.82, 2.24) is 0 Å². The van der Waals surface area contributed by atoms with Crippen LogP contribution in [0.25, 0.3) is 0 Å². The van der Waals surface area contributed by atoms with Gasteiger partial charge in [-0.05, 0) is 6.42 Å². The highest BCUT2D eigenvalue weighted by Crippen LogP contribution is 2.21. The van der Waals surface area contributed by atoms with Gasteiger partial charge in [-0.25, -0.2) is 0 Å². The first-order valence-corrected chi connectivity index (χ1v) is 4.85. The van der Waals surface area contributed by atoms with Gasteiger partial charge in [0.15, 0.2) is 5.92 Å². The molecule has 1 rings (SSSR count). The molecule has 16 heavy (non-hydrogen) atoms. The third kappa shape index (κ3) is 3.16. The molecular formula is C9H14O7. The van der Waals surface area contributed by atoms with Crippen molar-refractivity contribution in [3.05, 3.63) is 0 Å². The first-order chi connectivity index (χ1) is 7.41. The van der Waals surface area contributed by atoms with Crippen molar-refractivity contribution in [3.8, 4) is 0 Å². The van der Waals surface area contributed by atoms with E-state index in [2.05, 4.69) is 0 Å². The second-order valence-electron chi connectivity index (χ2n) is 3.79.